The SMILES string of the molecule is Cl.O=C(Cn1ccc(=O)c2ccccc21)N1CC[C@@H]2CNC[C@@H]2CC1. The van der Waals surface area contributed by atoms with Crippen LogP contribution in [0.25, 0.3) is 10.9 Å². The summed E-state index contributed by atoms with van der Waals surface area (Å²) in [5.41, 5.74) is 0.832. The molecule has 1 aromatic heterocycles. The van der Waals surface area contributed by atoms with E-state index in [0.29, 0.717) is 11.9 Å². The van der Waals surface area contributed by atoms with E-state index in [0.717, 1.165) is 56.4 Å². The monoisotopic (exact) mass is 361 g/mol. The summed E-state index contributed by atoms with van der Waals surface area (Å²) in [5.74, 6) is 1.59. The van der Waals surface area contributed by atoms with Crippen molar-refractivity contribution >= 4 is 29.2 Å². The van der Waals surface area contributed by atoms with Gasteiger partial charge in [-0.25, -0.2) is 0 Å². The number of nitrogens with one attached hydrogen (secondary N) is 1. The van der Waals surface area contributed by atoms with Crippen LogP contribution in [-0.2, 0) is 11.3 Å². The fraction of sp³-hybridized carbons (Fsp3) is 0.474. The Bertz CT molecular complexity index is 806. The topological polar surface area (TPSA) is 54.3 Å². The van der Waals surface area contributed by atoms with Crippen LogP contribution in [0.1, 0.15) is 12.8 Å². The molecule has 0 unspecified atom stereocenters. The van der Waals surface area contributed by atoms with Crippen molar-refractivity contribution in [1.29, 1.82) is 0 Å². The molecule has 4 rings (SSSR count). The van der Waals surface area contributed by atoms with E-state index in [9.17, 15) is 9.59 Å². The van der Waals surface area contributed by atoms with Gasteiger partial charge in [-0.15, -0.1) is 12.4 Å². The molecule has 2 aromatic rings. The molecule has 0 bridgehead atoms. The Kier molecular flexibility index (Phi) is 5.45. The van der Waals surface area contributed by atoms with Gasteiger partial charge < -0.3 is 14.8 Å². The van der Waals surface area contributed by atoms with Crippen LogP contribution in [0.5, 0.6) is 0 Å². The summed E-state index contributed by atoms with van der Waals surface area (Å²) < 4.78 is 1.90. The number of nitrogens with zero attached hydrogens (tertiary/aromatic N) is 2. The molecule has 1 N–H and O–H groups in total. The van der Waals surface area contributed by atoms with Crippen molar-refractivity contribution in [1.82, 2.24) is 14.8 Å². The summed E-state index contributed by atoms with van der Waals surface area (Å²) in [6.07, 6.45) is 3.92. The van der Waals surface area contributed by atoms with E-state index >= 15 is 0 Å². The van der Waals surface area contributed by atoms with Crippen molar-refractivity contribution in [2.45, 2.75) is 19.4 Å². The van der Waals surface area contributed by atoms with Crippen molar-refractivity contribution in [3.05, 3.63) is 46.8 Å². The molecule has 3 heterocycles. The van der Waals surface area contributed by atoms with E-state index < -0.39 is 0 Å². The number of amides is 1. The van der Waals surface area contributed by atoms with Gasteiger partial charge in [0.25, 0.3) is 0 Å². The molecule has 134 valence electrons. The molecule has 0 spiro atoms. The van der Waals surface area contributed by atoms with Crippen molar-refractivity contribution < 1.29 is 4.79 Å². The van der Waals surface area contributed by atoms with Gasteiger partial charge >= 0.3 is 0 Å². The number of pyridine rings is 1. The average molecular weight is 362 g/mol. The number of benzene rings is 1. The van der Waals surface area contributed by atoms with Gasteiger partial charge in [0.1, 0.15) is 6.54 Å². The second kappa shape index (κ2) is 7.58. The van der Waals surface area contributed by atoms with Crippen LogP contribution in [0.15, 0.2) is 41.3 Å². The number of fused-ring (bicyclic) bond motifs is 2. The Morgan fingerprint density at radius 2 is 1.76 bits per heavy atom. The third-order valence-corrected chi connectivity index (χ3v) is 5.56. The van der Waals surface area contributed by atoms with Crippen LogP contribution in [0.3, 0.4) is 0 Å². The smallest absolute Gasteiger partial charge is 0.242 e. The molecule has 0 aliphatic carbocycles. The summed E-state index contributed by atoms with van der Waals surface area (Å²) in [7, 11) is 0. The highest BCUT2D eigenvalue weighted by Crippen LogP contribution is 2.27. The molecule has 2 atom stereocenters. The Balaban J connectivity index is 0.00000182. The summed E-state index contributed by atoms with van der Waals surface area (Å²) >= 11 is 0. The molecule has 2 fully saturated rings. The first-order chi connectivity index (χ1) is 11.7. The second-order valence-electron chi connectivity index (χ2n) is 6.96. The number of likely N-dealkylation sites (tertiary alicyclic amines) is 1. The Labute approximate surface area is 153 Å². The molecular weight excluding hydrogens is 338 g/mol. The highest BCUT2D eigenvalue weighted by Gasteiger charge is 2.31. The highest BCUT2D eigenvalue weighted by molar-refractivity contribution is 5.85. The fourth-order valence-electron chi connectivity index (χ4n) is 4.11. The van der Waals surface area contributed by atoms with Crippen LogP contribution < -0.4 is 10.7 Å². The zero-order valence-electron chi connectivity index (χ0n) is 14.2. The number of carbonyl (C=O) groups is 1. The number of carbonyl (C=O) groups excluding carboxylic acids is 1. The normalized spacial score (nSPS) is 23.0. The Morgan fingerprint density at radius 3 is 2.48 bits per heavy atom. The molecule has 2 saturated heterocycles. The van der Waals surface area contributed by atoms with Crippen molar-refractivity contribution in [3.8, 4) is 0 Å². The Morgan fingerprint density at radius 1 is 1.08 bits per heavy atom. The van der Waals surface area contributed by atoms with Gasteiger partial charge in [0.15, 0.2) is 5.43 Å². The first kappa shape index (κ1) is 18.0. The van der Waals surface area contributed by atoms with Gasteiger partial charge in [0.05, 0.1) is 5.52 Å². The predicted molar refractivity (Wildman–Crippen MR) is 101 cm³/mol. The van der Waals surface area contributed by atoms with Crippen molar-refractivity contribution in [2.75, 3.05) is 26.2 Å². The van der Waals surface area contributed by atoms with Gasteiger partial charge in [0.2, 0.25) is 5.91 Å². The maximum atomic E-state index is 12.8. The zero-order valence-corrected chi connectivity index (χ0v) is 15.0. The summed E-state index contributed by atoms with van der Waals surface area (Å²) in [5, 5.41) is 4.13. The molecule has 1 amide bonds. The first-order valence-electron chi connectivity index (χ1n) is 8.79. The fourth-order valence-corrected chi connectivity index (χ4v) is 4.11. The molecule has 2 aliphatic rings. The molecular formula is C19H24ClN3O2. The number of hydrogen-bond acceptors (Lipinski definition) is 3. The minimum absolute atomic E-state index is 0. The molecule has 1 aromatic carbocycles. The Hall–Kier alpha value is -1.85. The molecule has 25 heavy (non-hydrogen) atoms. The van der Waals surface area contributed by atoms with Crippen LogP contribution in [0.2, 0.25) is 0 Å². The minimum Gasteiger partial charge on any atom is -0.341 e. The van der Waals surface area contributed by atoms with Gasteiger partial charge in [-0.2, -0.15) is 0 Å². The molecule has 0 radical (unpaired) electrons. The third-order valence-electron chi connectivity index (χ3n) is 5.56. The molecule has 0 saturated carbocycles. The van der Waals surface area contributed by atoms with E-state index in [1.54, 1.807) is 12.3 Å². The van der Waals surface area contributed by atoms with E-state index in [2.05, 4.69) is 5.32 Å². The lowest BCUT2D eigenvalue weighted by Gasteiger charge is -2.22. The number of halogens is 1. The molecule has 5 nitrogen and oxygen atoms in total. The van der Waals surface area contributed by atoms with Crippen LogP contribution in [-0.4, -0.2) is 41.6 Å². The first-order valence-corrected chi connectivity index (χ1v) is 8.79. The van der Waals surface area contributed by atoms with E-state index in [1.807, 2.05) is 33.7 Å². The maximum Gasteiger partial charge on any atom is 0.242 e. The average Bonchev–Trinajstić information content (AvgIpc) is 2.96. The van der Waals surface area contributed by atoms with E-state index in [1.165, 1.54) is 0 Å². The zero-order chi connectivity index (χ0) is 16.5. The van der Waals surface area contributed by atoms with Crippen LogP contribution >= 0.6 is 12.4 Å². The maximum absolute atomic E-state index is 12.8. The summed E-state index contributed by atoms with van der Waals surface area (Å²) in [6, 6.07) is 9.04. The number of aromatic nitrogens is 1. The number of hydrogen-bond donors (Lipinski definition) is 1. The minimum atomic E-state index is 0. The molecule has 6 heteroatoms. The summed E-state index contributed by atoms with van der Waals surface area (Å²) in [6.45, 7) is 4.18. The van der Waals surface area contributed by atoms with Gasteiger partial charge in [-0.05, 0) is 49.9 Å². The lowest BCUT2D eigenvalue weighted by atomic mass is 9.92. The van der Waals surface area contributed by atoms with Crippen LogP contribution in [0.4, 0.5) is 0 Å². The highest BCUT2D eigenvalue weighted by atomic mass is 35.5. The number of rotatable bonds is 2. The standard InChI is InChI=1S/C19H23N3O2.ClH/c23-18-7-10-22(17-4-2-1-3-16(17)18)13-19(24)21-8-5-14-11-20-12-15(14)6-9-21;/h1-4,7,10,14-15,20H,5-6,8-9,11-13H2;1H/t14-,15+;. The van der Waals surface area contributed by atoms with Crippen molar-refractivity contribution in [2.24, 2.45) is 11.8 Å². The van der Waals surface area contributed by atoms with Crippen LogP contribution in [0, 0.1) is 11.8 Å². The van der Waals surface area contributed by atoms with Gasteiger partial charge in [-0.3, -0.25) is 9.59 Å². The van der Waals surface area contributed by atoms with Gasteiger partial charge in [0, 0.05) is 30.7 Å². The number of para-hydroxylation sites is 1. The second-order valence-corrected chi connectivity index (χ2v) is 6.96. The van der Waals surface area contributed by atoms with Gasteiger partial charge in [-0.1, -0.05) is 12.1 Å². The largest absolute Gasteiger partial charge is 0.341 e. The quantitative estimate of drug-likeness (QED) is 0.888. The molecule has 2 aliphatic heterocycles. The lowest BCUT2D eigenvalue weighted by molar-refractivity contribution is -0.131. The van der Waals surface area contributed by atoms with E-state index in [4.69, 9.17) is 0 Å². The van der Waals surface area contributed by atoms with E-state index in [-0.39, 0.29) is 23.7 Å². The third kappa shape index (κ3) is 3.58. The van der Waals surface area contributed by atoms with Crippen molar-refractivity contribution in [3.63, 3.8) is 0 Å². The lowest BCUT2D eigenvalue weighted by Crippen LogP contribution is -2.35. The predicted octanol–water partition coefficient (Wildman–Crippen LogP) is 1.88. The summed E-state index contributed by atoms with van der Waals surface area (Å²) in [4.78, 5) is 26.7.